The van der Waals surface area contributed by atoms with Crippen molar-refractivity contribution in [2.45, 2.75) is 4.90 Å². The lowest BCUT2D eigenvalue weighted by Crippen LogP contribution is -2.15. The zero-order chi connectivity index (χ0) is 22.2. The predicted molar refractivity (Wildman–Crippen MR) is 111 cm³/mol. The number of benzene rings is 2. The van der Waals surface area contributed by atoms with Gasteiger partial charge in [0.25, 0.3) is 10.0 Å². The predicted octanol–water partition coefficient (Wildman–Crippen LogP) is 4.46. The van der Waals surface area contributed by atoms with Crippen LogP contribution >= 0.6 is 23.1 Å². The Morgan fingerprint density at radius 1 is 1.16 bits per heavy atom. The molecule has 0 saturated carbocycles. The second kappa shape index (κ2) is 8.21. The first-order valence-corrected chi connectivity index (χ1v) is 11.2. The van der Waals surface area contributed by atoms with Gasteiger partial charge in [-0.15, -0.1) is 5.10 Å². The lowest BCUT2D eigenvalue weighted by Gasteiger charge is -2.14. The molecule has 0 saturated heterocycles. The van der Waals surface area contributed by atoms with Crippen molar-refractivity contribution in [3.8, 4) is 22.8 Å². The van der Waals surface area contributed by atoms with Crippen molar-refractivity contribution in [2.75, 3.05) is 4.72 Å². The first-order chi connectivity index (χ1) is 14.7. The minimum atomic E-state index is -4.30. The van der Waals surface area contributed by atoms with Crippen molar-refractivity contribution in [3.63, 3.8) is 0 Å². The van der Waals surface area contributed by atoms with Gasteiger partial charge in [0.15, 0.2) is 5.82 Å². The average molecular weight is 484 g/mol. The molecule has 0 radical (unpaired) electrons. The number of nitrogens with zero attached hydrogens (tertiary/aromatic N) is 4. The van der Waals surface area contributed by atoms with E-state index in [1.165, 1.54) is 34.5 Å². The van der Waals surface area contributed by atoms with Gasteiger partial charge in [-0.25, -0.2) is 17.2 Å². The van der Waals surface area contributed by atoms with E-state index in [1.807, 2.05) is 0 Å². The normalized spacial score (nSPS) is 11.5. The first kappa shape index (κ1) is 21.2. The summed E-state index contributed by atoms with van der Waals surface area (Å²) in [5.41, 5.74) is 0.900. The summed E-state index contributed by atoms with van der Waals surface area (Å²) in [4.78, 5) is -0.691. The summed E-state index contributed by atoms with van der Waals surface area (Å²) in [5.74, 6) is -1.63. The molecule has 1 N–H and O–H groups in total. The minimum Gasteiger partial charge on any atom is -0.455 e. The van der Waals surface area contributed by atoms with Crippen molar-refractivity contribution >= 4 is 39.0 Å². The minimum absolute atomic E-state index is 0.0482. The standard InChI is InChI=1S/C18H12ClF2N5O3S2/c1-26-14(4-5-22-26)11-6-10(20)2-3-15(11)29-16-8-13(21)17(7-12(16)19)31(27,28)24-18-9-30-25-23-18/h2-9,24H,1H3. The summed E-state index contributed by atoms with van der Waals surface area (Å²) in [7, 11) is -2.64. The number of hydrogen-bond donors (Lipinski definition) is 1. The number of aryl methyl sites for hydroxylation is 1. The molecule has 4 rings (SSSR count). The number of ether oxygens (including phenoxy) is 1. The van der Waals surface area contributed by atoms with Crippen LogP contribution in [-0.2, 0) is 17.1 Å². The molecule has 13 heteroatoms. The maximum atomic E-state index is 14.7. The SMILES string of the molecule is Cn1nccc1-c1cc(F)ccc1Oc1cc(F)c(S(=O)(=O)Nc2csnn2)cc1Cl. The van der Waals surface area contributed by atoms with Gasteiger partial charge in [-0.3, -0.25) is 9.40 Å². The van der Waals surface area contributed by atoms with E-state index in [0.717, 1.165) is 23.7 Å². The molecule has 0 atom stereocenters. The van der Waals surface area contributed by atoms with Gasteiger partial charge < -0.3 is 4.74 Å². The van der Waals surface area contributed by atoms with Gasteiger partial charge >= 0.3 is 0 Å². The van der Waals surface area contributed by atoms with Gasteiger partial charge in [0.2, 0.25) is 0 Å². The van der Waals surface area contributed by atoms with E-state index in [0.29, 0.717) is 11.3 Å². The summed E-state index contributed by atoms with van der Waals surface area (Å²) in [6, 6.07) is 7.17. The van der Waals surface area contributed by atoms with Crippen LogP contribution in [0.25, 0.3) is 11.3 Å². The van der Waals surface area contributed by atoms with E-state index in [2.05, 4.69) is 19.4 Å². The van der Waals surface area contributed by atoms with Gasteiger partial charge in [0.05, 0.1) is 16.1 Å². The third kappa shape index (κ3) is 4.36. The molecule has 0 unspecified atom stereocenters. The zero-order valence-corrected chi connectivity index (χ0v) is 18.0. The molecule has 160 valence electrons. The highest BCUT2D eigenvalue weighted by molar-refractivity contribution is 7.92. The van der Waals surface area contributed by atoms with Crippen LogP contribution in [0.5, 0.6) is 11.5 Å². The second-order valence-corrected chi connectivity index (χ2v) is 8.86. The lowest BCUT2D eigenvalue weighted by atomic mass is 10.1. The number of hydrogen-bond acceptors (Lipinski definition) is 7. The fourth-order valence-electron chi connectivity index (χ4n) is 2.74. The van der Waals surface area contributed by atoms with Crippen LogP contribution < -0.4 is 9.46 Å². The first-order valence-electron chi connectivity index (χ1n) is 8.49. The highest BCUT2D eigenvalue weighted by atomic mass is 35.5. The fourth-order valence-corrected chi connectivity index (χ4v) is 4.55. The van der Waals surface area contributed by atoms with E-state index in [9.17, 15) is 17.2 Å². The van der Waals surface area contributed by atoms with Crippen molar-refractivity contribution in [1.29, 1.82) is 0 Å². The molecule has 0 spiro atoms. The number of anilines is 1. The van der Waals surface area contributed by atoms with E-state index in [-0.39, 0.29) is 22.3 Å². The molecule has 0 bridgehead atoms. The summed E-state index contributed by atoms with van der Waals surface area (Å²) < 4.78 is 66.3. The summed E-state index contributed by atoms with van der Waals surface area (Å²) in [5, 5.41) is 8.78. The maximum absolute atomic E-state index is 14.7. The van der Waals surface area contributed by atoms with Crippen molar-refractivity contribution in [2.24, 2.45) is 7.05 Å². The van der Waals surface area contributed by atoms with Crippen LogP contribution in [0.3, 0.4) is 0 Å². The molecule has 31 heavy (non-hydrogen) atoms. The summed E-state index contributed by atoms with van der Waals surface area (Å²) >= 11 is 7.11. The van der Waals surface area contributed by atoms with Crippen LogP contribution in [0, 0.1) is 11.6 Å². The van der Waals surface area contributed by atoms with Crippen LogP contribution in [0.2, 0.25) is 5.02 Å². The molecular weight excluding hydrogens is 472 g/mol. The molecule has 0 aliphatic carbocycles. The van der Waals surface area contributed by atoms with Gasteiger partial charge in [-0.2, -0.15) is 5.10 Å². The zero-order valence-electron chi connectivity index (χ0n) is 15.6. The van der Waals surface area contributed by atoms with E-state index >= 15 is 0 Å². The summed E-state index contributed by atoms with van der Waals surface area (Å²) in [6.07, 6.45) is 1.53. The topological polar surface area (TPSA) is 99.0 Å². The smallest absolute Gasteiger partial charge is 0.266 e. The lowest BCUT2D eigenvalue weighted by molar-refractivity contribution is 0.473. The Labute approximate surface area is 184 Å². The van der Waals surface area contributed by atoms with Crippen LogP contribution in [0.4, 0.5) is 14.6 Å². The highest BCUT2D eigenvalue weighted by Gasteiger charge is 2.24. The Morgan fingerprint density at radius 2 is 1.97 bits per heavy atom. The molecule has 0 fully saturated rings. The molecule has 2 aromatic carbocycles. The van der Waals surface area contributed by atoms with Gasteiger partial charge in [0.1, 0.15) is 28.0 Å². The van der Waals surface area contributed by atoms with Crippen LogP contribution in [0.15, 0.2) is 52.9 Å². The molecule has 2 heterocycles. The third-order valence-corrected chi connectivity index (χ3v) is 6.30. The second-order valence-electron chi connectivity index (χ2n) is 6.19. The Bertz CT molecular complexity index is 1360. The Balaban J connectivity index is 1.70. The number of nitrogens with one attached hydrogen (secondary N) is 1. The van der Waals surface area contributed by atoms with Gasteiger partial charge in [0, 0.05) is 24.9 Å². The largest absolute Gasteiger partial charge is 0.455 e. The molecule has 0 amide bonds. The molecule has 4 aromatic rings. The molecule has 2 aromatic heterocycles. The Hall–Kier alpha value is -3.09. The molecular formula is C18H12ClF2N5O3S2. The quantitative estimate of drug-likeness (QED) is 0.434. The highest BCUT2D eigenvalue weighted by Crippen LogP contribution is 2.38. The van der Waals surface area contributed by atoms with Crippen molar-refractivity contribution in [1.82, 2.24) is 19.4 Å². The van der Waals surface area contributed by atoms with Gasteiger partial charge in [-0.05, 0) is 41.9 Å². The maximum Gasteiger partial charge on any atom is 0.266 e. The number of halogens is 3. The number of aromatic nitrogens is 4. The van der Waals surface area contributed by atoms with E-state index < -0.39 is 26.6 Å². The van der Waals surface area contributed by atoms with E-state index in [4.69, 9.17) is 16.3 Å². The molecule has 8 nitrogen and oxygen atoms in total. The molecule has 0 aliphatic heterocycles. The van der Waals surface area contributed by atoms with Crippen molar-refractivity contribution < 1.29 is 21.9 Å². The van der Waals surface area contributed by atoms with Gasteiger partial charge in [-0.1, -0.05) is 16.1 Å². The van der Waals surface area contributed by atoms with Crippen molar-refractivity contribution in [3.05, 3.63) is 64.6 Å². The van der Waals surface area contributed by atoms with Crippen LogP contribution in [-0.4, -0.2) is 27.8 Å². The molecule has 0 aliphatic rings. The van der Waals surface area contributed by atoms with Crippen LogP contribution in [0.1, 0.15) is 0 Å². The Morgan fingerprint density at radius 3 is 2.65 bits per heavy atom. The fraction of sp³-hybridized carbons (Fsp3) is 0.0556. The number of rotatable bonds is 6. The third-order valence-electron chi connectivity index (χ3n) is 4.13. The average Bonchev–Trinajstić information content (AvgIpc) is 3.36. The number of sulfonamides is 1. The summed E-state index contributed by atoms with van der Waals surface area (Å²) in [6.45, 7) is 0. The monoisotopic (exact) mass is 483 g/mol. The Kier molecular flexibility index (Phi) is 5.60. The van der Waals surface area contributed by atoms with E-state index in [1.54, 1.807) is 13.1 Å².